The number of hydrogen-bond acceptors (Lipinski definition) is 9. The Kier molecular flexibility index (Phi) is 8.11. The van der Waals surface area contributed by atoms with Gasteiger partial charge in [0.1, 0.15) is 10.0 Å². The number of ether oxygens (including phenoxy) is 1. The van der Waals surface area contributed by atoms with Gasteiger partial charge >= 0.3 is 0 Å². The van der Waals surface area contributed by atoms with Gasteiger partial charge in [-0.1, -0.05) is 54.3 Å². The molecule has 3 unspecified atom stereocenters. The third kappa shape index (κ3) is 6.08. The molecule has 0 N–H and O–H groups in total. The first-order chi connectivity index (χ1) is 20.4. The van der Waals surface area contributed by atoms with E-state index in [1.807, 2.05) is 44.2 Å². The number of benzene rings is 2. The van der Waals surface area contributed by atoms with Crippen molar-refractivity contribution < 1.29 is 26.4 Å². The fourth-order valence-electron chi connectivity index (χ4n) is 5.63. The highest BCUT2D eigenvalue weighted by molar-refractivity contribution is 8.26. The maximum Gasteiger partial charge on any atom is 0.266 e. The molecule has 0 saturated carbocycles. The summed E-state index contributed by atoms with van der Waals surface area (Å²) < 4.78 is 60.7. The van der Waals surface area contributed by atoms with Crippen molar-refractivity contribution in [1.29, 1.82) is 0 Å². The van der Waals surface area contributed by atoms with Crippen molar-refractivity contribution in [3.8, 4) is 16.9 Å². The van der Waals surface area contributed by atoms with Crippen LogP contribution in [0.3, 0.4) is 0 Å². The lowest BCUT2D eigenvalue weighted by Crippen LogP contribution is -2.48. The van der Waals surface area contributed by atoms with Crippen LogP contribution in [0.5, 0.6) is 0 Å². The fourth-order valence-corrected chi connectivity index (χ4v) is 10.4. The molecule has 3 aliphatic heterocycles. The average Bonchev–Trinajstić information content (AvgIpc) is 3.63. The van der Waals surface area contributed by atoms with E-state index < -0.39 is 25.9 Å². The zero-order chi connectivity index (χ0) is 30.5. The summed E-state index contributed by atoms with van der Waals surface area (Å²) in [6.07, 6.45) is 3.37. The highest BCUT2D eigenvalue weighted by atomic mass is 32.2. The van der Waals surface area contributed by atoms with Crippen LogP contribution in [-0.4, -0.2) is 88.9 Å². The molecule has 1 aromatic heterocycles. The van der Waals surface area contributed by atoms with Crippen LogP contribution in [0.25, 0.3) is 23.0 Å². The van der Waals surface area contributed by atoms with Crippen molar-refractivity contribution in [3.63, 3.8) is 0 Å². The monoisotopic (exact) mass is 658 g/mol. The summed E-state index contributed by atoms with van der Waals surface area (Å²) in [7, 11) is -7.02. The molecule has 3 fully saturated rings. The summed E-state index contributed by atoms with van der Waals surface area (Å²) in [6.45, 7) is 4.22. The van der Waals surface area contributed by atoms with Crippen LogP contribution in [0.15, 0.2) is 70.6 Å². The van der Waals surface area contributed by atoms with Crippen molar-refractivity contribution in [3.05, 3.63) is 71.3 Å². The standard InChI is InChI=1S/C29H30N4O6S4/c1-19-15-31(16-20(2)39-19)43(37,38)25-10-6-7-21(13-25)27-22(17-32(30-27)23-8-4-3-5-9-23)14-26-28(34)33(29(40)41-26)24-11-12-42(35,36)18-24/h3-10,13-14,17,19-20,24H,11-12,15-16,18H2,1-2H3/b26-14-. The molecule has 3 aromatic rings. The van der Waals surface area contributed by atoms with E-state index in [9.17, 15) is 21.6 Å². The molecule has 1 amide bonds. The van der Waals surface area contributed by atoms with Gasteiger partial charge in [0.2, 0.25) is 10.0 Å². The zero-order valence-corrected chi connectivity index (χ0v) is 26.8. The molecule has 6 rings (SSSR count). The van der Waals surface area contributed by atoms with E-state index in [1.54, 1.807) is 41.2 Å². The molecule has 43 heavy (non-hydrogen) atoms. The van der Waals surface area contributed by atoms with Gasteiger partial charge in [-0.3, -0.25) is 9.69 Å². The van der Waals surface area contributed by atoms with Gasteiger partial charge in [0.25, 0.3) is 5.91 Å². The Hall–Kier alpha value is -2.88. The first-order valence-electron chi connectivity index (χ1n) is 13.8. The minimum absolute atomic E-state index is 0.0310. The summed E-state index contributed by atoms with van der Waals surface area (Å²) in [5.74, 6) is -0.419. The molecule has 3 saturated heterocycles. The largest absolute Gasteiger partial charge is 0.373 e. The van der Waals surface area contributed by atoms with Gasteiger partial charge in [-0.25, -0.2) is 21.5 Å². The number of thioether (sulfide) groups is 1. The number of nitrogens with zero attached hydrogens (tertiary/aromatic N) is 4. The molecule has 2 aromatic carbocycles. The Morgan fingerprint density at radius 3 is 2.47 bits per heavy atom. The maximum atomic E-state index is 13.7. The van der Waals surface area contributed by atoms with E-state index in [1.165, 1.54) is 9.21 Å². The minimum Gasteiger partial charge on any atom is -0.373 e. The third-order valence-corrected chi connectivity index (χ3v) is 12.5. The number of thiocarbonyl (C=S) groups is 1. The topological polar surface area (TPSA) is 119 Å². The Labute approximate surface area is 260 Å². The number of morpholine rings is 1. The first-order valence-corrected chi connectivity index (χ1v) is 18.3. The van der Waals surface area contributed by atoms with E-state index in [0.717, 1.165) is 17.4 Å². The molecule has 4 heterocycles. The number of carbonyl (C=O) groups is 1. The number of amides is 1. The lowest BCUT2D eigenvalue weighted by molar-refractivity contribution is -0.123. The van der Waals surface area contributed by atoms with E-state index in [0.29, 0.717) is 32.5 Å². The predicted octanol–water partition coefficient (Wildman–Crippen LogP) is 3.73. The molecule has 0 radical (unpaired) electrons. The SMILES string of the molecule is CC1CN(S(=O)(=O)c2cccc(-c3nn(-c4ccccc4)cc3/C=C3\SC(=S)N(C4CCS(=O)(=O)C4)C3=O)c2)CC(C)O1. The van der Waals surface area contributed by atoms with Crippen molar-refractivity contribution >= 4 is 60.1 Å². The zero-order valence-electron chi connectivity index (χ0n) is 23.5. The van der Waals surface area contributed by atoms with Gasteiger partial charge in [0.05, 0.1) is 45.2 Å². The van der Waals surface area contributed by atoms with Gasteiger partial charge in [-0.2, -0.15) is 9.40 Å². The average molecular weight is 659 g/mol. The Bertz CT molecular complexity index is 1830. The molecule has 0 aliphatic carbocycles. The number of aromatic nitrogens is 2. The molecular weight excluding hydrogens is 629 g/mol. The molecule has 10 nitrogen and oxygen atoms in total. The Morgan fingerprint density at radius 2 is 1.79 bits per heavy atom. The lowest BCUT2D eigenvalue weighted by atomic mass is 10.1. The van der Waals surface area contributed by atoms with Crippen molar-refractivity contribution in [1.82, 2.24) is 19.0 Å². The summed E-state index contributed by atoms with van der Waals surface area (Å²) in [6, 6.07) is 15.6. The van der Waals surface area contributed by atoms with Crippen LogP contribution in [0.1, 0.15) is 25.8 Å². The highest BCUT2D eigenvalue weighted by Gasteiger charge is 2.42. The minimum atomic E-state index is -3.81. The van der Waals surface area contributed by atoms with Gasteiger partial charge in [0.15, 0.2) is 9.84 Å². The number of hydrogen-bond donors (Lipinski definition) is 0. The van der Waals surface area contributed by atoms with Crippen LogP contribution in [0.2, 0.25) is 0 Å². The second-order valence-electron chi connectivity index (χ2n) is 10.9. The van der Waals surface area contributed by atoms with Crippen LogP contribution in [-0.2, 0) is 29.4 Å². The lowest BCUT2D eigenvalue weighted by Gasteiger charge is -2.34. The fraction of sp³-hybridized carbons (Fsp3) is 0.345. The van der Waals surface area contributed by atoms with Gasteiger partial charge in [-0.05, 0) is 50.6 Å². The summed E-state index contributed by atoms with van der Waals surface area (Å²) in [4.78, 5) is 15.4. The van der Waals surface area contributed by atoms with Crippen molar-refractivity contribution in [2.75, 3.05) is 24.6 Å². The van der Waals surface area contributed by atoms with Crippen molar-refractivity contribution in [2.45, 2.75) is 43.4 Å². The van der Waals surface area contributed by atoms with Gasteiger partial charge in [0, 0.05) is 30.4 Å². The number of para-hydroxylation sites is 1. The van der Waals surface area contributed by atoms with Crippen LogP contribution < -0.4 is 0 Å². The number of sulfone groups is 1. The van der Waals surface area contributed by atoms with Crippen molar-refractivity contribution in [2.24, 2.45) is 0 Å². The molecule has 0 bridgehead atoms. The number of sulfonamides is 1. The second kappa shape index (κ2) is 11.6. The third-order valence-electron chi connectivity index (χ3n) is 7.58. The van der Waals surface area contributed by atoms with E-state index in [2.05, 4.69) is 0 Å². The second-order valence-corrected chi connectivity index (χ2v) is 16.8. The summed E-state index contributed by atoms with van der Waals surface area (Å²) >= 11 is 6.62. The van der Waals surface area contributed by atoms with E-state index in [4.69, 9.17) is 22.1 Å². The number of carbonyl (C=O) groups excluding carboxylic acids is 1. The number of rotatable bonds is 6. The molecule has 3 atom stereocenters. The van der Waals surface area contributed by atoms with Gasteiger partial charge < -0.3 is 4.74 Å². The van der Waals surface area contributed by atoms with Crippen LogP contribution in [0.4, 0.5) is 0 Å². The Morgan fingerprint density at radius 1 is 1.07 bits per heavy atom. The predicted molar refractivity (Wildman–Crippen MR) is 170 cm³/mol. The maximum absolute atomic E-state index is 13.7. The normalized spacial score (nSPS) is 25.6. The molecule has 3 aliphatic rings. The van der Waals surface area contributed by atoms with Crippen LogP contribution >= 0.6 is 24.0 Å². The highest BCUT2D eigenvalue weighted by Crippen LogP contribution is 2.38. The molecule has 226 valence electrons. The van der Waals surface area contributed by atoms with Crippen LogP contribution in [0, 0.1) is 0 Å². The first kappa shape index (κ1) is 30.2. The molecule has 0 spiro atoms. The van der Waals surface area contributed by atoms with E-state index in [-0.39, 0.29) is 47.6 Å². The molecular formula is C29H30N4O6S4. The Balaban J connectivity index is 1.39. The smallest absolute Gasteiger partial charge is 0.266 e. The van der Waals surface area contributed by atoms with E-state index >= 15 is 0 Å². The summed E-state index contributed by atoms with van der Waals surface area (Å²) in [5, 5.41) is 4.81. The quantitative estimate of drug-likeness (QED) is 0.288. The molecule has 14 heteroatoms. The summed E-state index contributed by atoms with van der Waals surface area (Å²) in [5.41, 5.74) is 2.42. The van der Waals surface area contributed by atoms with Gasteiger partial charge in [-0.15, -0.1) is 0 Å².